The van der Waals surface area contributed by atoms with E-state index in [1.54, 1.807) is 0 Å². The molecule has 3 nitrogen and oxygen atoms in total. The highest BCUT2D eigenvalue weighted by atomic mass is 16.3. The molecule has 1 saturated heterocycles. The van der Waals surface area contributed by atoms with Crippen molar-refractivity contribution < 1.29 is 5.11 Å². The van der Waals surface area contributed by atoms with Gasteiger partial charge in [0.1, 0.15) is 0 Å². The van der Waals surface area contributed by atoms with E-state index in [4.69, 9.17) is 0 Å². The second kappa shape index (κ2) is 12.2. The van der Waals surface area contributed by atoms with Crippen LogP contribution in [0.1, 0.15) is 116 Å². The number of nitrogens with one attached hydrogen (secondary N) is 2. The number of rotatable bonds is 8. The first-order valence-electron chi connectivity index (χ1n) is 13.9. The summed E-state index contributed by atoms with van der Waals surface area (Å²) in [6.07, 6.45) is 25.2. The highest BCUT2D eigenvalue weighted by Crippen LogP contribution is 2.43. The minimum absolute atomic E-state index is 0.150. The van der Waals surface area contributed by atoms with Crippen LogP contribution in [0.25, 0.3) is 0 Å². The molecule has 0 spiro atoms. The third-order valence-corrected chi connectivity index (χ3v) is 9.28. The molecule has 3 aliphatic carbocycles. The van der Waals surface area contributed by atoms with Gasteiger partial charge in [-0.25, -0.2) is 0 Å². The minimum Gasteiger partial charge on any atom is -0.392 e. The molecule has 0 amide bonds. The summed E-state index contributed by atoms with van der Waals surface area (Å²) in [5, 5.41) is 18.3. The van der Waals surface area contributed by atoms with Crippen molar-refractivity contribution in [3.63, 3.8) is 0 Å². The summed E-state index contributed by atoms with van der Waals surface area (Å²) >= 11 is 0. The zero-order valence-electron chi connectivity index (χ0n) is 19.6. The maximum absolute atomic E-state index is 10.5. The molecule has 0 bridgehead atoms. The smallest absolute Gasteiger partial charge is 0.0667 e. The molecule has 3 N–H and O–H groups in total. The number of aliphatic hydroxyl groups is 1. The Hall–Kier alpha value is -0.120. The molecule has 4 fully saturated rings. The van der Waals surface area contributed by atoms with E-state index in [-0.39, 0.29) is 6.10 Å². The molecule has 0 radical (unpaired) electrons. The predicted octanol–water partition coefficient (Wildman–Crippen LogP) is 5.80. The third kappa shape index (κ3) is 6.69. The molecule has 3 saturated carbocycles. The molecular formula is C27H50N2O. The number of hydrogen-bond donors (Lipinski definition) is 3. The Labute approximate surface area is 186 Å². The number of hydrogen-bond acceptors (Lipinski definition) is 3. The van der Waals surface area contributed by atoms with Gasteiger partial charge in [0.2, 0.25) is 0 Å². The molecule has 174 valence electrons. The molecule has 3 unspecified atom stereocenters. The van der Waals surface area contributed by atoms with E-state index in [0.29, 0.717) is 6.04 Å². The Morgan fingerprint density at radius 2 is 1.27 bits per heavy atom. The van der Waals surface area contributed by atoms with E-state index in [1.165, 1.54) is 109 Å². The SMILES string of the molecule is OC(CNC1CCC(C(C2CCCCC2)C2CCCCC2)NC1)CC1CCCCC1. The topological polar surface area (TPSA) is 44.3 Å². The van der Waals surface area contributed by atoms with Crippen LogP contribution in [0.4, 0.5) is 0 Å². The van der Waals surface area contributed by atoms with Gasteiger partial charge in [-0.15, -0.1) is 0 Å². The van der Waals surface area contributed by atoms with Gasteiger partial charge >= 0.3 is 0 Å². The summed E-state index contributed by atoms with van der Waals surface area (Å²) in [5.74, 6) is 3.68. The molecule has 1 aliphatic heterocycles. The van der Waals surface area contributed by atoms with Gasteiger partial charge in [-0.2, -0.15) is 0 Å². The van der Waals surface area contributed by atoms with Crippen molar-refractivity contribution in [2.75, 3.05) is 13.1 Å². The lowest BCUT2D eigenvalue weighted by atomic mass is 9.65. The first kappa shape index (κ1) is 23.1. The molecule has 0 aromatic rings. The fourth-order valence-corrected chi connectivity index (χ4v) is 7.66. The van der Waals surface area contributed by atoms with E-state index < -0.39 is 0 Å². The molecule has 1 heterocycles. The Morgan fingerprint density at radius 1 is 0.700 bits per heavy atom. The van der Waals surface area contributed by atoms with E-state index >= 15 is 0 Å². The van der Waals surface area contributed by atoms with Crippen LogP contribution in [0.15, 0.2) is 0 Å². The quantitative estimate of drug-likeness (QED) is 0.466. The summed E-state index contributed by atoms with van der Waals surface area (Å²) in [5.41, 5.74) is 0. The van der Waals surface area contributed by atoms with E-state index in [0.717, 1.165) is 49.2 Å². The summed E-state index contributed by atoms with van der Waals surface area (Å²) in [4.78, 5) is 0. The van der Waals surface area contributed by atoms with Gasteiger partial charge in [-0.05, 0) is 42.9 Å². The van der Waals surface area contributed by atoms with Crippen molar-refractivity contribution in [2.45, 2.75) is 134 Å². The van der Waals surface area contributed by atoms with Gasteiger partial charge in [0.05, 0.1) is 6.10 Å². The average molecular weight is 419 g/mol. The Morgan fingerprint density at radius 3 is 1.80 bits per heavy atom. The zero-order valence-corrected chi connectivity index (χ0v) is 19.6. The Balaban J connectivity index is 1.22. The largest absolute Gasteiger partial charge is 0.392 e. The molecule has 4 rings (SSSR count). The van der Waals surface area contributed by atoms with Gasteiger partial charge in [-0.1, -0.05) is 96.3 Å². The van der Waals surface area contributed by atoms with Crippen LogP contribution in [0, 0.1) is 23.7 Å². The van der Waals surface area contributed by atoms with Gasteiger partial charge in [-0.3, -0.25) is 0 Å². The maximum atomic E-state index is 10.5. The highest BCUT2D eigenvalue weighted by molar-refractivity contribution is 4.93. The standard InChI is InChI=1S/C27H50N2O/c30-25(18-21-10-4-1-5-11-21)20-28-24-16-17-26(29-19-24)27(22-12-6-2-7-13-22)23-14-8-3-9-15-23/h21-30H,1-20H2. The van der Waals surface area contributed by atoms with Crippen molar-refractivity contribution >= 4 is 0 Å². The van der Waals surface area contributed by atoms with Crippen LogP contribution in [0.5, 0.6) is 0 Å². The van der Waals surface area contributed by atoms with E-state index in [9.17, 15) is 5.11 Å². The number of aliphatic hydroxyl groups excluding tert-OH is 1. The maximum Gasteiger partial charge on any atom is 0.0667 e. The lowest BCUT2D eigenvalue weighted by Gasteiger charge is -2.45. The van der Waals surface area contributed by atoms with Crippen molar-refractivity contribution in [1.82, 2.24) is 10.6 Å². The summed E-state index contributed by atoms with van der Waals surface area (Å²) in [6, 6.07) is 1.31. The van der Waals surface area contributed by atoms with Crippen LogP contribution < -0.4 is 10.6 Å². The molecular weight excluding hydrogens is 368 g/mol. The highest BCUT2D eigenvalue weighted by Gasteiger charge is 2.38. The molecule has 30 heavy (non-hydrogen) atoms. The van der Waals surface area contributed by atoms with Gasteiger partial charge in [0.25, 0.3) is 0 Å². The fourth-order valence-electron chi connectivity index (χ4n) is 7.66. The zero-order chi connectivity index (χ0) is 20.6. The van der Waals surface area contributed by atoms with Gasteiger partial charge in [0.15, 0.2) is 0 Å². The first-order chi connectivity index (χ1) is 14.8. The Bertz CT molecular complexity index is 439. The molecule has 0 aromatic carbocycles. The minimum atomic E-state index is -0.150. The summed E-state index contributed by atoms with van der Waals surface area (Å²) < 4.78 is 0. The van der Waals surface area contributed by atoms with Crippen molar-refractivity contribution in [2.24, 2.45) is 23.7 Å². The average Bonchev–Trinajstić information content (AvgIpc) is 2.81. The van der Waals surface area contributed by atoms with Gasteiger partial charge < -0.3 is 15.7 Å². The second-order valence-corrected chi connectivity index (χ2v) is 11.5. The normalized spacial score (nSPS) is 31.8. The molecule has 4 aliphatic rings. The number of piperidine rings is 1. The third-order valence-electron chi connectivity index (χ3n) is 9.28. The first-order valence-corrected chi connectivity index (χ1v) is 13.9. The van der Waals surface area contributed by atoms with Crippen molar-refractivity contribution in [3.05, 3.63) is 0 Å². The van der Waals surface area contributed by atoms with Gasteiger partial charge in [0, 0.05) is 25.2 Å². The van der Waals surface area contributed by atoms with E-state index in [2.05, 4.69) is 10.6 Å². The Kier molecular flexibility index (Phi) is 9.38. The lowest BCUT2D eigenvalue weighted by Crippen LogP contribution is -2.54. The summed E-state index contributed by atoms with van der Waals surface area (Å²) in [6.45, 7) is 1.90. The van der Waals surface area contributed by atoms with Crippen molar-refractivity contribution in [3.8, 4) is 0 Å². The molecule has 0 aromatic heterocycles. The van der Waals surface area contributed by atoms with Crippen LogP contribution in [0.3, 0.4) is 0 Å². The van der Waals surface area contributed by atoms with Crippen molar-refractivity contribution in [1.29, 1.82) is 0 Å². The fraction of sp³-hybridized carbons (Fsp3) is 1.00. The van der Waals surface area contributed by atoms with E-state index in [1.807, 2.05) is 0 Å². The monoisotopic (exact) mass is 418 g/mol. The summed E-state index contributed by atoms with van der Waals surface area (Å²) in [7, 11) is 0. The van der Waals surface area contributed by atoms with Crippen LogP contribution in [-0.2, 0) is 0 Å². The van der Waals surface area contributed by atoms with Crippen LogP contribution >= 0.6 is 0 Å². The second-order valence-electron chi connectivity index (χ2n) is 11.5. The predicted molar refractivity (Wildman–Crippen MR) is 127 cm³/mol. The molecule has 3 heteroatoms. The molecule has 3 atom stereocenters. The van der Waals surface area contributed by atoms with Crippen LogP contribution in [0.2, 0.25) is 0 Å². The van der Waals surface area contributed by atoms with Crippen LogP contribution in [-0.4, -0.2) is 36.4 Å². The lowest BCUT2D eigenvalue weighted by molar-refractivity contribution is 0.0839.